The fraction of sp³-hybridized carbons (Fsp3) is 0.300. The van der Waals surface area contributed by atoms with E-state index in [1.54, 1.807) is 6.07 Å². The highest BCUT2D eigenvalue weighted by Gasteiger charge is 2.19. The number of anilines is 1. The van der Waals surface area contributed by atoms with E-state index in [9.17, 15) is 4.39 Å². The van der Waals surface area contributed by atoms with E-state index < -0.39 is 0 Å². The molecule has 140 valence electrons. The number of benzene rings is 2. The molecular weight excluding hydrogens is 431 g/mol. The Balaban J connectivity index is 1.71. The third-order valence-electron chi connectivity index (χ3n) is 5.01. The van der Waals surface area contributed by atoms with Gasteiger partial charge in [0.2, 0.25) is 5.28 Å². The molecule has 4 nitrogen and oxygen atoms in total. The molecule has 1 aromatic heterocycles. The predicted molar refractivity (Wildman–Crippen MR) is 112 cm³/mol. The molecule has 2 heterocycles. The Morgan fingerprint density at radius 1 is 1.07 bits per heavy atom. The summed E-state index contributed by atoms with van der Waals surface area (Å²) in [5.41, 5.74) is 2.69. The van der Waals surface area contributed by atoms with Gasteiger partial charge in [0.05, 0.1) is 16.9 Å². The monoisotopic (exact) mass is 448 g/mol. The topological polar surface area (TPSA) is 32.3 Å². The van der Waals surface area contributed by atoms with Crippen LogP contribution in [0.5, 0.6) is 0 Å². The van der Waals surface area contributed by atoms with Gasteiger partial charge in [-0.05, 0) is 48.5 Å². The van der Waals surface area contributed by atoms with E-state index in [4.69, 9.17) is 11.6 Å². The van der Waals surface area contributed by atoms with E-state index in [1.165, 1.54) is 0 Å². The Labute approximate surface area is 171 Å². The first-order chi connectivity index (χ1) is 13.0. The molecule has 0 amide bonds. The summed E-state index contributed by atoms with van der Waals surface area (Å²) >= 11 is 9.57. The normalized spacial score (nSPS) is 15.5. The molecule has 2 aromatic carbocycles. The lowest BCUT2D eigenvalue weighted by atomic mass is 10.1. The lowest BCUT2D eigenvalue weighted by molar-refractivity contribution is 0.270. The molecule has 1 saturated heterocycles. The molecule has 27 heavy (non-hydrogen) atoms. The third kappa shape index (κ3) is 3.79. The van der Waals surface area contributed by atoms with Crippen LogP contribution in [0.4, 0.5) is 10.1 Å². The van der Waals surface area contributed by atoms with Gasteiger partial charge in [0.15, 0.2) is 0 Å². The lowest BCUT2D eigenvalue weighted by Gasteiger charge is -2.35. The van der Waals surface area contributed by atoms with Gasteiger partial charge in [-0.15, -0.1) is 0 Å². The Morgan fingerprint density at radius 3 is 2.56 bits per heavy atom. The van der Waals surface area contributed by atoms with Crippen LogP contribution in [-0.2, 0) is 0 Å². The van der Waals surface area contributed by atoms with E-state index >= 15 is 0 Å². The Morgan fingerprint density at radius 2 is 1.85 bits per heavy atom. The average Bonchev–Trinajstić information content (AvgIpc) is 2.68. The van der Waals surface area contributed by atoms with Gasteiger partial charge < -0.3 is 9.80 Å². The van der Waals surface area contributed by atoms with Crippen LogP contribution in [0.15, 0.2) is 40.9 Å². The standard InChI is InChI=1S/C20H19BrClFN4/c1-2-26-7-9-27(10-8-26)18-6-3-13(11-16(18)23)19-15-12-14(21)4-5-17(15)24-20(22)25-19/h3-6,11-12H,2,7-10H2,1H3. The minimum Gasteiger partial charge on any atom is -0.367 e. The first-order valence-electron chi connectivity index (χ1n) is 8.95. The molecule has 4 rings (SSSR count). The van der Waals surface area contributed by atoms with Crippen molar-refractivity contribution in [2.75, 3.05) is 37.6 Å². The van der Waals surface area contributed by atoms with Crippen LogP contribution in [0.1, 0.15) is 6.92 Å². The second-order valence-electron chi connectivity index (χ2n) is 6.59. The van der Waals surface area contributed by atoms with Crippen molar-refractivity contribution in [1.29, 1.82) is 0 Å². The molecule has 7 heteroatoms. The fourth-order valence-electron chi connectivity index (χ4n) is 3.51. The maximum atomic E-state index is 14.9. The van der Waals surface area contributed by atoms with Crippen LogP contribution in [0.2, 0.25) is 5.28 Å². The van der Waals surface area contributed by atoms with Gasteiger partial charge in [0, 0.05) is 41.6 Å². The number of aromatic nitrogens is 2. The summed E-state index contributed by atoms with van der Waals surface area (Å²) in [6, 6.07) is 11.0. The molecule has 0 saturated carbocycles. The number of hydrogen-bond acceptors (Lipinski definition) is 4. The van der Waals surface area contributed by atoms with E-state index in [-0.39, 0.29) is 11.1 Å². The summed E-state index contributed by atoms with van der Waals surface area (Å²) < 4.78 is 15.8. The van der Waals surface area contributed by atoms with E-state index in [0.29, 0.717) is 16.9 Å². The first-order valence-corrected chi connectivity index (χ1v) is 10.1. The van der Waals surface area contributed by atoms with Crippen molar-refractivity contribution in [3.8, 4) is 11.3 Å². The number of piperazine rings is 1. The summed E-state index contributed by atoms with van der Waals surface area (Å²) in [5.74, 6) is -0.240. The van der Waals surface area contributed by atoms with Crippen LogP contribution in [0, 0.1) is 5.82 Å². The second kappa shape index (κ2) is 7.70. The number of rotatable bonds is 3. The van der Waals surface area contributed by atoms with Gasteiger partial charge in [-0.1, -0.05) is 28.9 Å². The quantitative estimate of drug-likeness (QED) is 0.527. The smallest absolute Gasteiger partial charge is 0.223 e. The van der Waals surface area contributed by atoms with Crippen molar-refractivity contribution >= 4 is 44.1 Å². The highest BCUT2D eigenvalue weighted by Crippen LogP contribution is 2.32. The number of likely N-dealkylation sites (N-methyl/N-ethyl adjacent to an activating group) is 1. The van der Waals surface area contributed by atoms with E-state index in [2.05, 4.69) is 42.6 Å². The van der Waals surface area contributed by atoms with Crippen molar-refractivity contribution in [3.05, 3.63) is 52.0 Å². The Hall–Kier alpha value is -1.76. The van der Waals surface area contributed by atoms with Gasteiger partial charge in [0.1, 0.15) is 5.82 Å². The minimum absolute atomic E-state index is 0.153. The minimum atomic E-state index is -0.240. The molecule has 0 N–H and O–H groups in total. The fourth-order valence-corrected chi connectivity index (χ4v) is 4.04. The van der Waals surface area contributed by atoms with Gasteiger partial charge >= 0.3 is 0 Å². The van der Waals surface area contributed by atoms with Gasteiger partial charge in [-0.25, -0.2) is 14.4 Å². The van der Waals surface area contributed by atoms with Crippen LogP contribution >= 0.6 is 27.5 Å². The van der Waals surface area contributed by atoms with Gasteiger partial charge in [-0.2, -0.15) is 0 Å². The number of halogens is 3. The number of hydrogen-bond donors (Lipinski definition) is 0. The summed E-state index contributed by atoms with van der Waals surface area (Å²) in [6.07, 6.45) is 0. The molecule has 3 aromatic rings. The molecule has 1 aliphatic heterocycles. The van der Waals surface area contributed by atoms with Crippen LogP contribution in [-0.4, -0.2) is 47.6 Å². The van der Waals surface area contributed by atoms with Crippen molar-refractivity contribution in [1.82, 2.24) is 14.9 Å². The molecule has 0 bridgehead atoms. The predicted octanol–water partition coefficient (Wildman–Crippen LogP) is 4.99. The summed E-state index contributed by atoms with van der Waals surface area (Å²) in [6.45, 7) is 6.77. The molecule has 0 atom stereocenters. The second-order valence-corrected chi connectivity index (χ2v) is 7.84. The lowest BCUT2D eigenvalue weighted by Crippen LogP contribution is -2.46. The maximum Gasteiger partial charge on any atom is 0.223 e. The van der Waals surface area contributed by atoms with E-state index in [0.717, 1.165) is 48.1 Å². The van der Waals surface area contributed by atoms with Crippen molar-refractivity contribution in [2.45, 2.75) is 6.92 Å². The van der Waals surface area contributed by atoms with Crippen LogP contribution in [0.3, 0.4) is 0 Å². The summed E-state index contributed by atoms with van der Waals surface area (Å²) in [4.78, 5) is 13.1. The van der Waals surface area contributed by atoms with Crippen molar-refractivity contribution < 1.29 is 4.39 Å². The Bertz CT molecular complexity index is 989. The molecule has 1 aliphatic rings. The van der Waals surface area contributed by atoms with Gasteiger partial charge in [-0.3, -0.25) is 0 Å². The molecular formula is C20H19BrClFN4. The van der Waals surface area contributed by atoms with Gasteiger partial charge in [0.25, 0.3) is 0 Å². The zero-order chi connectivity index (χ0) is 19.0. The molecule has 0 spiro atoms. The molecule has 1 fully saturated rings. The maximum absolute atomic E-state index is 14.9. The highest BCUT2D eigenvalue weighted by molar-refractivity contribution is 9.10. The third-order valence-corrected chi connectivity index (χ3v) is 5.67. The largest absolute Gasteiger partial charge is 0.367 e. The average molecular weight is 450 g/mol. The van der Waals surface area contributed by atoms with E-state index in [1.807, 2.05) is 30.3 Å². The zero-order valence-corrected chi connectivity index (χ0v) is 17.3. The zero-order valence-electron chi connectivity index (χ0n) is 14.9. The number of fused-ring (bicyclic) bond motifs is 1. The summed E-state index contributed by atoms with van der Waals surface area (Å²) in [5, 5.41) is 0.984. The van der Waals surface area contributed by atoms with Crippen molar-refractivity contribution in [3.63, 3.8) is 0 Å². The first kappa shape index (κ1) is 18.6. The van der Waals surface area contributed by atoms with Crippen LogP contribution < -0.4 is 4.90 Å². The number of nitrogens with zero attached hydrogens (tertiary/aromatic N) is 4. The molecule has 0 unspecified atom stereocenters. The molecule has 0 aliphatic carbocycles. The highest BCUT2D eigenvalue weighted by atomic mass is 79.9. The Kier molecular flexibility index (Phi) is 5.30. The van der Waals surface area contributed by atoms with Crippen LogP contribution in [0.25, 0.3) is 22.2 Å². The summed E-state index contributed by atoms with van der Waals surface area (Å²) in [7, 11) is 0. The molecule has 0 radical (unpaired) electrons. The SMILES string of the molecule is CCN1CCN(c2ccc(-c3nc(Cl)nc4ccc(Br)cc34)cc2F)CC1. The van der Waals surface area contributed by atoms with Crippen molar-refractivity contribution in [2.24, 2.45) is 0 Å².